The Bertz CT molecular complexity index is 128. The van der Waals surface area contributed by atoms with Gasteiger partial charge in [0, 0.05) is 5.54 Å². The van der Waals surface area contributed by atoms with Gasteiger partial charge in [-0.2, -0.15) is 0 Å². The third kappa shape index (κ3) is 3.11. The molecule has 0 aromatic heterocycles. The summed E-state index contributed by atoms with van der Waals surface area (Å²) in [5.74, 6) is 0. The largest absolute Gasteiger partial charge is 0.393 e. The number of hydrogen-bond acceptors (Lipinski definition) is 2. The number of nitrogens with one attached hydrogen (secondary N) is 1. The zero-order valence-corrected chi connectivity index (χ0v) is 8.27. The zero-order valence-electron chi connectivity index (χ0n) is 8.27. The second-order valence-electron chi connectivity index (χ2n) is 4.33. The summed E-state index contributed by atoms with van der Waals surface area (Å²) in [6.07, 6.45) is 6.02. The van der Waals surface area contributed by atoms with E-state index in [0.717, 1.165) is 13.0 Å². The van der Waals surface area contributed by atoms with Crippen molar-refractivity contribution in [2.75, 3.05) is 6.54 Å². The van der Waals surface area contributed by atoms with E-state index in [0.29, 0.717) is 5.54 Å². The highest BCUT2D eigenvalue weighted by Gasteiger charge is 2.27. The van der Waals surface area contributed by atoms with Crippen molar-refractivity contribution in [3.63, 3.8) is 0 Å². The third-order valence-electron chi connectivity index (χ3n) is 2.82. The Balaban J connectivity index is 2.13. The summed E-state index contributed by atoms with van der Waals surface area (Å²) < 4.78 is 0. The van der Waals surface area contributed by atoms with Crippen molar-refractivity contribution in [1.29, 1.82) is 0 Å². The van der Waals surface area contributed by atoms with E-state index in [-0.39, 0.29) is 6.10 Å². The molecule has 2 heteroatoms. The lowest BCUT2D eigenvalue weighted by Crippen LogP contribution is -2.40. The van der Waals surface area contributed by atoms with E-state index in [1.54, 1.807) is 0 Å². The molecule has 0 amide bonds. The second-order valence-corrected chi connectivity index (χ2v) is 4.33. The van der Waals surface area contributed by atoms with E-state index in [9.17, 15) is 0 Å². The maximum atomic E-state index is 9.07. The minimum Gasteiger partial charge on any atom is -0.393 e. The summed E-state index contributed by atoms with van der Waals surface area (Å²) in [6.45, 7) is 5.09. The van der Waals surface area contributed by atoms with Crippen LogP contribution in [-0.2, 0) is 0 Å². The van der Waals surface area contributed by atoms with Gasteiger partial charge in [0.15, 0.2) is 0 Å². The fourth-order valence-corrected chi connectivity index (χ4v) is 1.91. The molecule has 1 saturated carbocycles. The molecule has 1 atom stereocenters. The number of aliphatic hydroxyl groups is 1. The van der Waals surface area contributed by atoms with Crippen molar-refractivity contribution >= 4 is 0 Å². The Morgan fingerprint density at radius 2 is 2.00 bits per heavy atom. The Labute approximate surface area is 75.4 Å². The maximum absolute atomic E-state index is 9.07. The van der Waals surface area contributed by atoms with E-state index in [4.69, 9.17) is 5.11 Å². The predicted molar refractivity (Wildman–Crippen MR) is 51.2 cm³/mol. The number of aliphatic hydroxyl groups excluding tert-OH is 1. The Morgan fingerprint density at radius 1 is 1.42 bits per heavy atom. The van der Waals surface area contributed by atoms with Crippen molar-refractivity contribution in [2.24, 2.45) is 0 Å². The van der Waals surface area contributed by atoms with Crippen LogP contribution in [0.5, 0.6) is 0 Å². The lowest BCUT2D eigenvalue weighted by molar-refractivity contribution is 0.178. The first-order valence-electron chi connectivity index (χ1n) is 5.05. The van der Waals surface area contributed by atoms with Crippen molar-refractivity contribution in [3.05, 3.63) is 0 Å². The first-order valence-corrected chi connectivity index (χ1v) is 5.05. The van der Waals surface area contributed by atoms with E-state index in [1.807, 2.05) is 6.92 Å². The summed E-state index contributed by atoms with van der Waals surface area (Å²) >= 11 is 0. The van der Waals surface area contributed by atoms with Gasteiger partial charge >= 0.3 is 0 Å². The molecule has 1 aliphatic rings. The van der Waals surface area contributed by atoms with Crippen LogP contribution in [0, 0.1) is 0 Å². The van der Waals surface area contributed by atoms with Gasteiger partial charge in [0.05, 0.1) is 6.10 Å². The van der Waals surface area contributed by atoms with E-state index in [2.05, 4.69) is 12.2 Å². The Kier molecular flexibility index (Phi) is 3.53. The van der Waals surface area contributed by atoms with Gasteiger partial charge in [-0.05, 0) is 39.7 Å². The highest BCUT2D eigenvalue weighted by molar-refractivity contribution is 4.87. The van der Waals surface area contributed by atoms with Gasteiger partial charge in [0.25, 0.3) is 0 Å². The molecule has 12 heavy (non-hydrogen) atoms. The molecule has 0 aromatic carbocycles. The molecule has 1 unspecified atom stereocenters. The standard InChI is InChI=1S/C10H21NO/c1-9(12)5-8-11-10(2)6-3-4-7-10/h9,11-12H,3-8H2,1-2H3. The van der Waals surface area contributed by atoms with E-state index < -0.39 is 0 Å². The minimum atomic E-state index is -0.164. The van der Waals surface area contributed by atoms with Crippen molar-refractivity contribution in [2.45, 2.75) is 57.6 Å². The van der Waals surface area contributed by atoms with Crippen LogP contribution in [0.4, 0.5) is 0 Å². The first kappa shape index (κ1) is 10.0. The van der Waals surface area contributed by atoms with E-state index in [1.165, 1.54) is 25.7 Å². The average Bonchev–Trinajstić information content (AvgIpc) is 2.35. The van der Waals surface area contributed by atoms with Crippen LogP contribution < -0.4 is 5.32 Å². The number of rotatable bonds is 4. The van der Waals surface area contributed by atoms with Gasteiger partial charge in [-0.1, -0.05) is 12.8 Å². The molecule has 0 aliphatic heterocycles. The summed E-state index contributed by atoms with van der Waals surface area (Å²) in [7, 11) is 0. The van der Waals surface area contributed by atoms with Gasteiger partial charge in [-0.25, -0.2) is 0 Å². The fourth-order valence-electron chi connectivity index (χ4n) is 1.91. The Hall–Kier alpha value is -0.0800. The van der Waals surface area contributed by atoms with Crippen molar-refractivity contribution in [1.82, 2.24) is 5.32 Å². The van der Waals surface area contributed by atoms with Crippen LogP contribution >= 0.6 is 0 Å². The minimum absolute atomic E-state index is 0.164. The fraction of sp³-hybridized carbons (Fsp3) is 1.00. The third-order valence-corrected chi connectivity index (χ3v) is 2.82. The summed E-state index contributed by atoms with van der Waals surface area (Å²) in [4.78, 5) is 0. The number of hydrogen-bond donors (Lipinski definition) is 2. The molecule has 0 spiro atoms. The topological polar surface area (TPSA) is 32.3 Å². The average molecular weight is 171 g/mol. The first-order chi connectivity index (χ1) is 5.62. The molecule has 0 heterocycles. The van der Waals surface area contributed by atoms with Gasteiger partial charge < -0.3 is 10.4 Å². The highest BCUT2D eigenvalue weighted by Crippen LogP contribution is 2.28. The molecule has 0 bridgehead atoms. The van der Waals surface area contributed by atoms with Crippen LogP contribution in [-0.4, -0.2) is 23.3 Å². The summed E-state index contributed by atoms with van der Waals surface area (Å²) in [5, 5.41) is 12.6. The van der Waals surface area contributed by atoms with Crippen LogP contribution in [0.1, 0.15) is 46.0 Å². The predicted octanol–water partition coefficient (Wildman–Crippen LogP) is 1.68. The molecule has 0 radical (unpaired) electrons. The molecule has 0 aromatic rings. The summed E-state index contributed by atoms with van der Waals surface area (Å²) in [6, 6.07) is 0. The van der Waals surface area contributed by atoms with Crippen LogP contribution in [0.15, 0.2) is 0 Å². The molecule has 2 nitrogen and oxygen atoms in total. The molecule has 1 fully saturated rings. The quantitative estimate of drug-likeness (QED) is 0.674. The monoisotopic (exact) mass is 171 g/mol. The highest BCUT2D eigenvalue weighted by atomic mass is 16.3. The normalized spacial score (nSPS) is 24.2. The molecule has 0 saturated heterocycles. The molecule has 72 valence electrons. The Morgan fingerprint density at radius 3 is 2.50 bits per heavy atom. The molecule has 1 rings (SSSR count). The van der Waals surface area contributed by atoms with Crippen molar-refractivity contribution in [3.8, 4) is 0 Å². The zero-order chi connectivity index (χ0) is 9.03. The van der Waals surface area contributed by atoms with Gasteiger partial charge in [-0.3, -0.25) is 0 Å². The van der Waals surface area contributed by atoms with Gasteiger partial charge in [0.2, 0.25) is 0 Å². The second kappa shape index (κ2) is 4.24. The SMILES string of the molecule is CC(O)CCNC1(C)CCCC1. The van der Waals surface area contributed by atoms with Crippen LogP contribution in [0.25, 0.3) is 0 Å². The lowest BCUT2D eigenvalue weighted by Gasteiger charge is -2.25. The van der Waals surface area contributed by atoms with Crippen LogP contribution in [0.2, 0.25) is 0 Å². The molecular weight excluding hydrogens is 150 g/mol. The summed E-state index contributed by atoms with van der Waals surface area (Å²) in [5.41, 5.74) is 0.370. The molecular formula is C10H21NO. The van der Waals surface area contributed by atoms with Gasteiger partial charge in [-0.15, -0.1) is 0 Å². The van der Waals surface area contributed by atoms with Gasteiger partial charge in [0.1, 0.15) is 0 Å². The van der Waals surface area contributed by atoms with E-state index >= 15 is 0 Å². The van der Waals surface area contributed by atoms with Crippen LogP contribution in [0.3, 0.4) is 0 Å². The van der Waals surface area contributed by atoms with Crippen molar-refractivity contribution < 1.29 is 5.11 Å². The maximum Gasteiger partial charge on any atom is 0.0524 e. The molecule has 2 N–H and O–H groups in total. The lowest BCUT2D eigenvalue weighted by atomic mass is 10.0. The molecule has 1 aliphatic carbocycles. The smallest absolute Gasteiger partial charge is 0.0524 e.